The molecule has 1 aliphatic rings. The molecule has 2 rings (SSSR count). The van der Waals surface area contributed by atoms with E-state index in [0.717, 1.165) is 25.0 Å². The summed E-state index contributed by atoms with van der Waals surface area (Å²) in [6.45, 7) is 3.21. The maximum absolute atomic E-state index is 12.7. The molecule has 1 saturated carbocycles. The molecule has 3 nitrogen and oxygen atoms in total. The van der Waals surface area contributed by atoms with Crippen molar-refractivity contribution in [3.8, 4) is 0 Å². The molecular weight excluding hydrogens is 281 g/mol. The van der Waals surface area contributed by atoms with Crippen LogP contribution in [0.1, 0.15) is 25.3 Å². The average Bonchev–Trinajstić information content (AvgIpc) is 3.23. The third-order valence-corrected chi connectivity index (χ3v) is 4.00. The number of alkyl halides is 3. The van der Waals surface area contributed by atoms with Gasteiger partial charge in [0.15, 0.2) is 0 Å². The second kappa shape index (κ2) is 6.13. The molecule has 1 aromatic rings. The molecule has 6 heteroatoms. The Morgan fingerprint density at radius 2 is 2.05 bits per heavy atom. The van der Waals surface area contributed by atoms with Crippen molar-refractivity contribution in [2.24, 2.45) is 5.92 Å². The lowest BCUT2D eigenvalue weighted by molar-refractivity contribution is -0.137. The minimum atomic E-state index is -4.37. The number of nitrogen functional groups attached to an aromatic ring is 1. The van der Waals surface area contributed by atoms with E-state index in [1.807, 2.05) is 0 Å². The van der Waals surface area contributed by atoms with Gasteiger partial charge in [-0.05, 0) is 43.9 Å². The summed E-state index contributed by atoms with van der Waals surface area (Å²) in [5.74, 6) is 0.587. The lowest BCUT2D eigenvalue weighted by Gasteiger charge is -2.32. The highest BCUT2D eigenvalue weighted by molar-refractivity contribution is 5.69. The summed E-state index contributed by atoms with van der Waals surface area (Å²) in [7, 11) is 1.61. The number of ether oxygens (including phenoxy) is 1. The van der Waals surface area contributed by atoms with Gasteiger partial charge in [0.1, 0.15) is 0 Å². The van der Waals surface area contributed by atoms with Crippen LogP contribution in [0.4, 0.5) is 24.5 Å². The van der Waals surface area contributed by atoms with Crippen molar-refractivity contribution in [2.45, 2.75) is 32.0 Å². The van der Waals surface area contributed by atoms with Gasteiger partial charge in [-0.15, -0.1) is 0 Å². The lowest BCUT2D eigenvalue weighted by atomic mass is 10.1. The minimum Gasteiger partial charge on any atom is -0.397 e. The maximum atomic E-state index is 12.7. The summed E-state index contributed by atoms with van der Waals surface area (Å²) in [5.41, 5.74) is 5.97. The molecule has 0 bridgehead atoms. The maximum Gasteiger partial charge on any atom is 0.416 e. The number of methoxy groups -OCH3 is 1. The number of benzene rings is 1. The molecule has 1 unspecified atom stereocenters. The minimum absolute atomic E-state index is 0.161. The first kappa shape index (κ1) is 15.9. The van der Waals surface area contributed by atoms with Gasteiger partial charge in [-0.1, -0.05) is 0 Å². The van der Waals surface area contributed by atoms with Crippen molar-refractivity contribution < 1.29 is 17.9 Å². The van der Waals surface area contributed by atoms with E-state index in [9.17, 15) is 13.2 Å². The van der Waals surface area contributed by atoms with Gasteiger partial charge in [-0.3, -0.25) is 0 Å². The topological polar surface area (TPSA) is 38.5 Å². The standard InChI is InChI=1S/C15H21F3N2O/c1-10(11-3-4-11)20(7-8-21-2)14-6-5-12(9-13(14)19)15(16,17)18/h5-6,9-11H,3-4,7-8,19H2,1-2H3. The fourth-order valence-corrected chi connectivity index (χ4v) is 2.56. The molecule has 0 aliphatic heterocycles. The van der Waals surface area contributed by atoms with Crippen LogP contribution >= 0.6 is 0 Å². The van der Waals surface area contributed by atoms with Crippen LogP contribution in [0, 0.1) is 5.92 Å². The van der Waals surface area contributed by atoms with Crippen LogP contribution < -0.4 is 10.6 Å². The molecule has 1 aliphatic carbocycles. The summed E-state index contributed by atoms with van der Waals surface area (Å²) >= 11 is 0. The molecule has 0 radical (unpaired) electrons. The molecule has 1 atom stereocenters. The van der Waals surface area contributed by atoms with Crippen molar-refractivity contribution in [3.63, 3.8) is 0 Å². The SMILES string of the molecule is COCCN(c1ccc(C(F)(F)F)cc1N)C(C)C1CC1. The van der Waals surface area contributed by atoms with E-state index < -0.39 is 11.7 Å². The van der Waals surface area contributed by atoms with E-state index in [-0.39, 0.29) is 11.7 Å². The lowest BCUT2D eigenvalue weighted by Crippen LogP contribution is -2.37. The Morgan fingerprint density at radius 1 is 1.38 bits per heavy atom. The zero-order valence-electron chi connectivity index (χ0n) is 12.3. The molecule has 0 aromatic heterocycles. The van der Waals surface area contributed by atoms with Gasteiger partial charge in [0.05, 0.1) is 23.5 Å². The van der Waals surface area contributed by atoms with Crippen LogP contribution in [0.15, 0.2) is 18.2 Å². The van der Waals surface area contributed by atoms with Crippen LogP contribution in [-0.2, 0) is 10.9 Å². The Morgan fingerprint density at radius 3 is 2.52 bits per heavy atom. The highest BCUT2D eigenvalue weighted by Crippen LogP contribution is 2.39. The molecule has 1 fully saturated rings. The quantitative estimate of drug-likeness (QED) is 0.817. The normalized spacial score (nSPS) is 16.8. The molecule has 118 valence electrons. The van der Waals surface area contributed by atoms with E-state index in [0.29, 0.717) is 24.8 Å². The van der Waals surface area contributed by atoms with Crippen molar-refractivity contribution in [2.75, 3.05) is 30.9 Å². The number of hydrogen-bond donors (Lipinski definition) is 1. The number of halogens is 3. The second-order valence-electron chi connectivity index (χ2n) is 5.54. The zero-order chi connectivity index (χ0) is 15.6. The van der Waals surface area contributed by atoms with Gasteiger partial charge in [0.25, 0.3) is 0 Å². The van der Waals surface area contributed by atoms with Gasteiger partial charge < -0.3 is 15.4 Å². The third kappa shape index (κ3) is 3.81. The fraction of sp³-hybridized carbons (Fsp3) is 0.600. The molecule has 21 heavy (non-hydrogen) atoms. The molecule has 1 aromatic carbocycles. The molecular formula is C15H21F3N2O. The summed E-state index contributed by atoms with van der Waals surface area (Å²) < 4.78 is 43.2. The highest BCUT2D eigenvalue weighted by atomic mass is 19.4. The third-order valence-electron chi connectivity index (χ3n) is 4.00. The molecule has 2 N–H and O–H groups in total. The predicted molar refractivity (Wildman–Crippen MR) is 77.3 cm³/mol. The van der Waals surface area contributed by atoms with E-state index in [4.69, 9.17) is 10.5 Å². The van der Waals surface area contributed by atoms with Gasteiger partial charge in [0.2, 0.25) is 0 Å². The molecule has 0 heterocycles. The van der Waals surface area contributed by atoms with Crippen LogP contribution in [-0.4, -0.2) is 26.3 Å². The van der Waals surface area contributed by atoms with E-state index in [2.05, 4.69) is 11.8 Å². The van der Waals surface area contributed by atoms with Gasteiger partial charge in [0, 0.05) is 19.7 Å². The summed E-state index contributed by atoms with van der Waals surface area (Å²) in [5, 5.41) is 0. The van der Waals surface area contributed by atoms with Gasteiger partial charge >= 0.3 is 6.18 Å². The van der Waals surface area contributed by atoms with Crippen molar-refractivity contribution in [1.29, 1.82) is 0 Å². The largest absolute Gasteiger partial charge is 0.416 e. The number of hydrogen-bond acceptors (Lipinski definition) is 3. The van der Waals surface area contributed by atoms with Crippen molar-refractivity contribution >= 4 is 11.4 Å². The monoisotopic (exact) mass is 302 g/mol. The van der Waals surface area contributed by atoms with E-state index >= 15 is 0 Å². The predicted octanol–water partition coefficient (Wildman–Crippen LogP) is 3.54. The highest BCUT2D eigenvalue weighted by Gasteiger charge is 2.34. The summed E-state index contributed by atoms with van der Waals surface area (Å²) in [6.07, 6.45) is -2.05. The first-order chi connectivity index (χ1) is 9.84. The molecule has 0 spiro atoms. The van der Waals surface area contributed by atoms with Crippen LogP contribution in [0.3, 0.4) is 0 Å². The second-order valence-corrected chi connectivity index (χ2v) is 5.54. The van der Waals surface area contributed by atoms with Gasteiger partial charge in [-0.25, -0.2) is 0 Å². The van der Waals surface area contributed by atoms with Crippen molar-refractivity contribution in [1.82, 2.24) is 0 Å². The Labute approximate surface area is 122 Å². The summed E-state index contributed by atoms with van der Waals surface area (Å²) in [4.78, 5) is 2.05. The summed E-state index contributed by atoms with van der Waals surface area (Å²) in [6, 6.07) is 3.81. The molecule has 0 amide bonds. The Balaban J connectivity index is 2.26. The van der Waals surface area contributed by atoms with Crippen molar-refractivity contribution in [3.05, 3.63) is 23.8 Å². The van der Waals surface area contributed by atoms with Crippen LogP contribution in [0.5, 0.6) is 0 Å². The number of rotatable bonds is 6. The number of anilines is 2. The average molecular weight is 302 g/mol. The zero-order valence-corrected chi connectivity index (χ0v) is 12.3. The fourth-order valence-electron chi connectivity index (χ4n) is 2.56. The Kier molecular flexibility index (Phi) is 4.66. The molecule has 0 saturated heterocycles. The number of nitrogens with two attached hydrogens (primary N) is 1. The van der Waals surface area contributed by atoms with Crippen LogP contribution in [0.25, 0.3) is 0 Å². The van der Waals surface area contributed by atoms with Gasteiger partial charge in [-0.2, -0.15) is 13.2 Å². The van der Waals surface area contributed by atoms with E-state index in [1.165, 1.54) is 6.07 Å². The number of nitrogens with zero attached hydrogens (tertiary/aromatic N) is 1. The first-order valence-corrected chi connectivity index (χ1v) is 7.07. The van der Waals surface area contributed by atoms with E-state index in [1.54, 1.807) is 7.11 Å². The Hall–Kier alpha value is -1.43. The smallest absolute Gasteiger partial charge is 0.397 e. The Bertz CT molecular complexity index is 486. The van der Waals surface area contributed by atoms with Crippen LogP contribution in [0.2, 0.25) is 0 Å². The first-order valence-electron chi connectivity index (χ1n) is 7.07.